The molecule has 3 aromatic rings. The highest BCUT2D eigenvalue weighted by atomic mass is 32.2. The molecule has 11 heteroatoms. The molecule has 3 aromatic heterocycles. The summed E-state index contributed by atoms with van der Waals surface area (Å²) < 4.78 is 6.52. The van der Waals surface area contributed by atoms with Crippen molar-refractivity contribution in [3.05, 3.63) is 23.4 Å². The largest absolute Gasteiger partial charge is 0.418 e. The first-order chi connectivity index (χ1) is 13.7. The maximum Gasteiger partial charge on any atom is 0.257 e. The van der Waals surface area contributed by atoms with Gasteiger partial charge in [0.15, 0.2) is 4.34 Å². The first-order valence-electron chi connectivity index (χ1n) is 9.08. The zero-order valence-corrected chi connectivity index (χ0v) is 17.8. The van der Waals surface area contributed by atoms with Crippen molar-refractivity contribution >= 4 is 45.5 Å². The molecule has 8 nitrogen and oxygen atoms in total. The Balaban J connectivity index is 1.32. The average molecular weight is 437 g/mol. The molecule has 0 aromatic carbocycles. The summed E-state index contributed by atoms with van der Waals surface area (Å²) in [7, 11) is 0. The molecule has 3 heterocycles. The number of hydrogen-bond donors (Lipinski definition) is 1. The number of nitrogens with one attached hydrogen (secondary N) is 1. The predicted molar refractivity (Wildman–Crippen MR) is 111 cm³/mol. The third kappa shape index (κ3) is 5.09. The first-order valence-corrected chi connectivity index (χ1v) is 11.8. The van der Waals surface area contributed by atoms with Crippen LogP contribution in [-0.2, 0) is 11.3 Å². The summed E-state index contributed by atoms with van der Waals surface area (Å²) in [5.41, 5.74) is 0. The van der Waals surface area contributed by atoms with Crippen molar-refractivity contribution in [1.29, 1.82) is 0 Å². The van der Waals surface area contributed by atoms with Crippen LogP contribution < -0.4 is 5.32 Å². The lowest BCUT2D eigenvalue weighted by Crippen LogP contribution is -2.32. The minimum absolute atomic E-state index is 0.0228. The van der Waals surface area contributed by atoms with Crippen molar-refractivity contribution < 1.29 is 9.21 Å². The Labute approximate surface area is 174 Å². The van der Waals surface area contributed by atoms with E-state index in [1.807, 2.05) is 24.4 Å². The number of hydrogen-bond acceptors (Lipinski definition) is 10. The van der Waals surface area contributed by atoms with Gasteiger partial charge in [0, 0.05) is 12.6 Å². The van der Waals surface area contributed by atoms with Gasteiger partial charge in [-0.05, 0) is 30.7 Å². The highest BCUT2D eigenvalue weighted by molar-refractivity contribution is 8.01. The van der Waals surface area contributed by atoms with Crippen molar-refractivity contribution in [2.45, 2.75) is 43.1 Å². The van der Waals surface area contributed by atoms with Gasteiger partial charge in [0.2, 0.25) is 16.9 Å². The van der Waals surface area contributed by atoms with Gasteiger partial charge < -0.3 is 14.6 Å². The second-order valence-corrected chi connectivity index (χ2v) is 9.52. The number of thioether (sulfide) groups is 1. The molecule has 0 unspecified atom stereocenters. The normalized spacial score (nSPS) is 13.6. The Bertz CT molecular complexity index is 906. The van der Waals surface area contributed by atoms with Crippen molar-refractivity contribution in [2.24, 2.45) is 0 Å². The van der Waals surface area contributed by atoms with E-state index in [0.717, 1.165) is 20.8 Å². The molecule has 1 saturated carbocycles. The first kappa shape index (κ1) is 19.3. The molecule has 0 spiro atoms. The summed E-state index contributed by atoms with van der Waals surface area (Å²) in [6.45, 7) is 3.00. The second kappa shape index (κ2) is 9.01. The van der Waals surface area contributed by atoms with Gasteiger partial charge in [-0.1, -0.05) is 36.1 Å². The van der Waals surface area contributed by atoms with E-state index in [1.165, 1.54) is 35.9 Å². The molecular formula is C17H20N6O2S3. The fraction of sp³-hybridized carbons (Fsp3) is 0.471. The lowest BCUT2D eigenvalue weighted by molar-refractivity contribution is -0.129. The van der Waals surface area contributed by atoms with E-state index >= 15 is 0 Å². The zero-order chi connectivity index (χ0) is 19.3. The molecule has 0 radical (unpaired) electrons. The van der Waals surface area contributed by atoms with Crippen molar-refractivity contribution in [1.82, 2.24) is 25.3 Å². The number of anilines is 1. The Hall–Kier alpha value is -1.98. The van der Waals surface area contributed by atoms with E-state index in [-0.39, 0.29) is 5.91 Å². The van der Waals surface area contributed by atoms with E-state index in [0.29, 0.717) is 36.7 Å². The van der Waals surface area contributed by atoms with Crippen LogP contribution in [0.1, 0.15) is 32.1 Å². The fourth-order valence-electron chi connectivity index (χ4n) is 2.49. The molecule has 1 aliphatic rings. The molecule has 1 N–H and O–H groups in total. The van der Waals surface area contributed by atoms with E-state index in [2.05, 4.69) is 25.7 Å². The summed E-state index contributed by atoms with van der Waals surface area (Å²) >= 11 is 4.45. The van der Waals surface area contributed by atoms with Crippen molar-refractivity contribution in [3.63, 3.8) is 0 Å². The maximum atomic E-state index is 12.7. The molecular weight excluding hydrogens is 416 g/mol. The number of thiophene rings is 1. The van der Waals surface area contributed by atoms with Gasteiger partial charge in [-0.15, -0.1) is 31.7 Å². The molecule has 0 aliphatic heterocycles. The summed E-state index contributed by atoms with van der Waals surface area (Å²) in [5.74, 6) is 1.27. The quantitative estimate of drug-likeness (QED) is 0.480. The van der Waals surface area contributed by atoms with E-state index in [9.17, 15) is 4.79 Å². The van der Waals surface area contributed by atoms with Gasteiger partial charge >= 0.3 is 0 Å². The Kier molecular flexibility index (Phi) is 6.23. The third-order valence-electron chi connectivity index (χ3n) is 4.00. The van der Waals surface area contributed by atoms with E-state index < -0.39 is 0 Å². The topological polar surface area (TPSA) is 97.0 Å². The molecule has 0 atom stereocenters. The van der Waals surface area contributed by atoms with Crippen LogP contribution in [0.15, 0.2) is 26.3 Å². The van der Waals surface area contributed by atoms with Gasteiger partial charge in [0.25, 0.3) is 5.89 Å². The smallest absolute Gasteiger partial charge is 0.257 e. The monoisotopic (exact) mass is 436 g/mol. The van der Waals surface area contributed by atoms with Gasteiger partial charge in [-0.2, -0.15) is 0 Å². The zero-order valence-electron chi connectivity index (χ0n) is 15.3. The van der Waals surface area contributed by atoms with Crippen LogP contribution in [0.25, 0.3) is 10.8 Å². The minimum atomic E-state index is 0.0228. The molecule has 1 fully saturated rings. The molecule has 0 saturated heterocycles. The van der Waals surface area contributed by atoms with Crippen LogP contribution in [0.5, 0.6) is 0 Å². The minimum Gasteiger partial charge on any atom is -0.418 e. The van der Waals surface area contributed by atoms with Crippen molar-refractivity contribution in [3.8, 4) is 10.8 Å². The van der Waals surface area contributed by atoms with Crippen LogP contribution >= 0.6 is 34.4 Å². The van der Waals surface area contributed by atoms with Gasteiger partial charge in [-0.25, -0.2) is 0 Å². The SMILES string of the molecule is CCCN(Cc1nnc(-c2cccs2)o1)C(=O)CSc1nnc(NC2CC2)s1. The standard InChI is InChI=1S/C17H20N6O2S3/c1-2-7-23(9-13-19-20-15(25-13)12-4-3-8-26-12)14(24)10-27-17-22-21-16(28-17)18-11-5-6-11/h3-4,8,11H,2,5-7,9-10H2,1H3,(H,18,21). The number of nitrogens with zero attached hydrogens (tertiary/aromatic N) is 5. The molecule has 28 heavy (non-hydrogen) atoms. The summed E-state index contributed by atoms with van der Waals surface area (Å²) in [5, 5.41) is 22.6. The van der Waals surface area contributed by atoms with Gasteiger partial charge in [0.1, 0.15) is 0 Å². The Morgan fingerprint density at radius 1 is 1.36 bits per heavy atom. The summed E-state index contributed by atoms with van der Waals surface area (Å²) in [4.78, 5) is 15.4. The second-order valence-electron chi connectivity index (χ2n) is 6.37. The number of aromatic nitrogens is 4. The number of amides is 1. The molecule has 0 bridgehead atoms. The molecule has 4 rings (SSSR count). The highest BCUT2D eigenvalue weighted by Crippen LogP contribution is 2.30. The molecule has 1 amide bonds. The van der Waals surface area contributed by atoms with E-state index in [1.54, 1.807) is 16.2 Å². The van der Waals surface area contributed by atoms with E-state index in [4.69, 9.17) is 4.42 Å². The van der Waals surface area contributed by atoms with Crippen molar-refractivity contribution in [2.75, 3.05) is 17.6 Å². The number of carbonyl (C=O) groups excluding carboxylic acids is 1. The van der Waals surface area contributed by atoms with Gasteiger partial charge in [0.05, 0.1) is 17.2 Å². The van der Waals surface area contributed by atoms with Crippen LogP contribution in [0.4, 0.5) is 5.13 Å². The average Bonchev–Trinajstić information content (AvgIpc) is 3.12. The van der Waals surface area contributed by atoms with Crippen LogP contribution in [-0.4, -0.2) is 49.5 Å². The lowest BCUT2D eigenvalue weighted by Gasteiger charge is -2.19. The summed E-state index contributed by atoms with van der Waals surface area (Å²) in [6, 6.07) is 4.41. The summed E-state index contributed by atoms with van der Waals surface area (Å²) in [6.07, 6.45) is 3.24. The maximum absolute atomic E-state index is 12.7. The van der Waals surface area contributed by atoms with Crippen LogP contribution in [0, 0.1) is 0 Å². The predicted octanol–water partition coefficient (Wildman–Crippen LogP) is 3.75. The van der Waals surface area contributed by atoms with Gasteiger partial charge in [-0.3, -0.25) is 4.79 Å². The third-order valence-corrected chi connectivity index (χ3v) is 6.83. The van der Waals surface area contributed by atoms with Crippen LogP contribution in [0.3, 0.4) is 0 Å². The number of rotatable bonds is 10. The molecule has 148 valence electrons. The Morgan fingerprint density at radius 3 is 3.00 bits per heavy atom. The highest BCUT2D eigenvalue weighted by Gasteiger charge is 2.23. The Morgan fingerprint density at radius 2 is 2.25 bits per heavy atom. The lowest BCUT2D eigenvalue weighted by atomic mass is 10.4. The molecule has 1 aliphatic carbocycles. The van der Waals surface area contributed by atoms with Crippen LogP contribution in [0.2, 0.25) is 0 Å². The number of carbonyl (C=O) groups is 1. The fourth-order valence-corrected chi connectivity index (χ4v) is 4.86.